The molecule has 0 aliphatic heterocycles. The van der Waals surface area contributed by atoms with Gasteiger partial charge in [-0.2, -0.15) is 0 Å². The highest BCUT2D eigenvalue weighted by Crippen LogP contribution is 2.21. The molecule has 0 unspecified atom stereocenters. The highest BCUT2D eigenvalue weighted by atomic mass is 16.4. The highest BCUT2D eigenvalue weighted by Gasteiger charge is 2.02. The van der Waals surface area contributed by atoms with E-state index in [1.807, 2.05) is 0 Å². The molecule has 0 spiro atoms. The summed E-state index contributed by atoms with van der Waals surface area (Å²) in [5.74, 6) is -0.645. The minimum absolute atomic E-state index is 0.311. The SMILES string of the molecule is O=C(O)CCCCCCCCCCCCCCCCCCCCCCCCCCCCCCCCCCCCCCCCCCCCCCCCCCCCCCCCCCCCCCCCCCCCCCCCCCNCCCO. The van der Waals surface area contributed by atoms with Crippen molar-refractivity contribution in [1.29, 1.82) is 0 Å². The Bertz CT molecular complexity index is 1100. The second kappa shape index (κ2) is 78.4. The van der Waals surface area contributed by atoms with Gasteiger partial charge in [0.25, 0.3) is 0 Å². The fraction of sp³-hybridized carbons (Fsp3) is 0.987. The van der Waals surface area contributed by atoms with Crippen LogP contribution in [0.5, 0.6) is 0 Å². The molecule has 0 aromatic heterocycles. The molecule has 492 valence electrons. The van der Waals surface area contributed by atoms with E-state index < -0.39 is 5.97 Å². The number of carboxylic acids is 1. The number of aliphatic carboxylic acids is 1. The van der Waals surface area contributed by atoms with Gasteiger partial charge in [-0.05, 0) is 32.4 Å². The van der Waals surface area contributed by atoms with Gasteiger partial charge in [-0.3, -0.25) is 4.79 Å². The average molecular weight is 1160 g/mol. The predicted octanol–water partition coefficient (Wildman–Crippen LogP) is 27.5. The fourth-order valence-corrected chi connectivity index (χ4v) is 13.2. The van der Waals surface area contributed by atoms with Crippen LogP contribution >= 0.6 is 0 Å². The van der Waals surface area contributed by atoms with E-state index in [1.165, 1.54) is 449 Å². The van der Waals surface area contributed by atoms with Gasteiger partial charge in [-0.1, -0.05) is 449 Å². The van der Waals surface area contributed by atoms with Crippen LogP contribution in [-0.2, 0) is 4.79 Å². The van der Waals surface area contributed by atoms with E-state index in [2.05, 4.69) is 5.32 Å². The van der Waals surface area contributed by atoms with E-state index in [0.29, 0.717) is 13.0 Å². The van der Waals surface area contributed by atoms with Crippen LogP contribution in [0.15, 0.2) is 0 Å². The summed E-state index contributed by atoms with van der Waals surface area (Å²) in [5, 5.41) is 20.9. The van der Waals surface area contributed by atoms with Gasteiger partial charge in [0.15, 0.2) is 0 Å². The van der Waals surface area contributed by atoms with Crippen molar-refractivity contribution < 1.29 is 15.0 Å². The molecule has 0 aliphatic carbocycles. The van der Waals surface area contributed by atoms with Crippen molar-refractivity contribution in [3.8, 4) is 0 Å². The predicted molar refractivity (Wildman–Crippen MR) is 369 cm³/mol. The molecule has 82 heavy (non-hydrogen) atoms. The normalized spacial score (nSPS) is 11.7. The van der Waals surface area contributed by atoms with E-state index in [1.54, 1.807) is 0 Å². The van der Waals surface area contributed by atoms with Gasteiger partial charge in [0.1, 0.15) is 0 Å². The maximum Gasteiger partial charge on any atom is 0.303 e. The van der Waals surface area contributed by atoms with Gasteiger partial charge < -0.3 is 15.5 Å². The molecule has 0 saturated carbocycles. The molecule has 0 radical (unpaired) electrons. The van der Waals surface area contributed by atoms with E-state index in [-0.39, 0.29) is 0 Å². The van der Waals surface area contributed by atoms with Gasteiger partial charge in [-0.25, -0.2) is 0 Å². The van der Waals surface area contributed by atoms with Gasteiger partial charge in [0.05, 0.1) is 0 Å². The zero-order chi connectivity index (χ0) is 58.7. The fourth-order valence-electron chi connectivity index (χ4n) is 13.2. The molecule has 0 rings (SSSR count). The Hall–Kier alpha value is -0.610. The lowest BCUT2D eigenvalue weighted by Crippen LogP contribution is -2.17. The second-order valence-corrected chi connectivity index (χ2v) is 27.4. The van der Waals surface area contributed by atoms with E-state index >= 15 is 0 Å². The summed E-state index contributed by atoms with van der Waals surface area (Å²) < 4.78 is 0. The molecule has 0 amide bonds. The number of aliphatic hydroxyl groups is 1. The Morgan fingerprint density at radius 1 is 0.171 bits per heavy atom. The lowest BCUT2D eigenvalue weighted by Gasteiger charge is -2.05. The van der Waals surface area contributed by atoms with Gasteiger partial charge in [0, 0.05) is 13.0 Å². The lowest BCUT2D eigenvalue weighted by molar-refractivity contribution is -0.137. The van der Waals surface area contributed by atoms with Crippen LogP contribution in [0.25, 0.3) is 0 Å². The van der Waals surface area contributed by atoms with Crippen LogP contribution in [0.1, 0.15) is 475 Å². The Labute approximate surface area is 518 Å². The van der Waals surface area contributed by atoms with Gasteiger partial charge in [-0.15, -0.1) is 0 Å². The van der Waals surface area contributed by atoms with Crippen LogP contribution in [0.2, 0.25) is 0 Å². The third-order valence-corrected chi connectivity index (χ3v) is 19.0. The van der Waals surface area contributed by atoms with Crippen LogP contribution in [0.4, 0.5) is 0 Å². The molecule has 3 N–H and O–H groups in total. The smallest absolute Gasteiger partial charge is 0.303 e. The summed E-state index contributed by atoms with van der Waals surface area (Å²) in [5.41, 5.74) is 0. The summed E-state index contributed by atoms with van der Waals surface area (Å²) >= 11 is 0. The number of hydrogen-bond acceptors (Lipinski definition) is 3. The van der Waals surface area contributed by atoms with Crippen LogP contribution in [-0.4, -0.2) is 35.9 Å². The number of nitrogens with one attached hydrogen (secondary N) is 1. The first-order valence-electron chi connectivity index (χ1n) is 39.3. The van der Waals surface area contributed by atoms with Gasteiger partial charge in [0.2, 0.25) is 0 Å². The third kappa shape index (κ3) is 79.4. The van der Waals surface area contributed by atoms with Crippen LogP contribution in [0, 0.1) is 0 Å². The standard InChI is InChI=1S/C78H157NO3/c80-77-73-76-79-75-72-70-68-66-64-62-60-58-56-54-52-50-48-46-44-42-40-38-36-34-32-30-28-26-24-22-20-18-16-14-12-10-8-6-4-2-1-3-5-7-9-11-13-15-17-19-21-23-25-27-29-31-33-35-37-39-41-43-45-47-49-51-53-55-57-59-61-63-65-67-69-71-74-78(81)82/h79-80H,1-77H2,(H,81,82). The largest absolute Gasteiger partial charge is 0.481 e. The molecular weight excluding hydrogens is 999 g/mol. The molecule has 0 aromatic rings. The summed E-state index contributed by atoms with van der Waals surface area (Å²) in [6, 6.07) is 0. The number of aliphatic hydroxyl groups excluding tert-OH is 1. The Morgan fingerprint density at radius 2 is 0.280 bits per heavy atom. The first-order chi connectivity index (χ1) is 40.8. The van der Waals surface area contributed by atoms with Crippen LogP contribution < -0.4 is 5.32 Å². The maximum absolute atomic E-state index is 10.5. The van der Waals surface area contributed by atoms with Crippen molar-refractivity contribution in [3.63, 3.8) is 0 Å². The Balaban J connectivity index is 3.08. The minimum atomic E-state index is -0.645. The third-order valence-electron chi connectivity index (χ3n) is 19.0. The monoisotopic (exact) mass is 1160 g/mol. The highest BCUT2D eigenvalue weighted by molar-refractivity contribution is 5.66. The molecule has 0 aromatic carbocycles. The van der Waals surface area contributed by atoms with Crippen molar-refractivity contribution in [2.24, 2.45) is 0 Å². The number of rotatable bonds is 78. The summed E-state index contributed by atoms with van der Waals surface area (Å²) in [6.45, 7) is 2.40. The van der Waals surface area contributed by atoms with E-state index in [0.717, 1.165) is 32.4 Å². The second-order valence-electron chi connectivity index (χ2n) is 27.4. The van der Waals surface area contributed by atoms with Crippen LogP contribution in [0.3, 0.4) is 0 Å². The van der Waals surface area contributed by atoms with Crippen molar-refractivity contribution >= 4 is 5.97 Å². The number of carboxylic acid groups (broad SMARTS) is 1. The lowest BCUT2D eigenvalue weighted by atomic mass is 10.0. The van der Waals surface area contributed by atoms with Crippen molar-refractivity contribution in [1.82, 2.24) is 5.32 Å². The van der Waals surface area contributed by atoms with E-state index in [4.69, 9.17) is 10.2 Å². The summed E-state index contributed by atoms with van der Waals surface area (Å²) in [6.07, 6.45) is 105. The Morgan fingerprint density at radius 3 is 0.402 bits per heavy atom. The summed E-state index contributed by atoms with van der Waals surface area (Å²) in [4.78, 5) is 10.5. The summed E-state index contributed by atoms with van der Waals surface area (Å²) in [7, 11) is 0. The molecule has 0 fully saturated rings. The molecular formula is C78H157NO3. The number of carbonyl (C=O) groups is 1. The quantitative estimate of drug-likeness (QED) is 0.0531. The zero-order valence-corrected chi connectivity index (χ0v) is 56.7. The van der Waals surface area contributed by atoms with Crippen molar-refractivity contribution in [2.75, 3.05) is 19.7 Å². The number of hydrogen-bond donors (Lipinski definition) is 3. The topological polar surface area (TPSA) is 69.6 Å². The minimum Gasteiger partial charge on any atom is -0.481 e. The van der Waals surface area contributed by atoms with E-state index in [9.17, 15) is 4.79 Å². The molecule has 4 nitrogen and oxygen atoms in total. The first kappa shape index (κ1) is 81.4. The molecule has 0 bridgehead atoms. The molecule has 4 heteroatoms. The van der Waals surface area contributed by atoms with Crippen molar-refractivity contribution in [2.45, 2.75) is 475 Å². The zero-order valence-electron chi connectivity index (χ0n) is 56.7. The van der Waals surface area contributed by atoms with Crippen molar-refractivity contribution in [3.05, 3.63) is 0 Å². The average Bonchev–Trinajstić information content (AvgIpc) is 3.47. The number of unbranched alkanes of at least 4 members (excludes halogenated alkanes) is 71. The molecule has 0 atom stereocenters. The first-order valence-corrected chi connectivity index (χ1v) is 39.3. The molecule has 0 heterocycles. The van der Waals surface area contributed by atoms with Gasteiger partial charge >= 0.3 is 5.97 Å². The molecule has 0 saturated heterocycles. The molecule has 0 aliphatic rings. The maximum atomic E-state index is 10.5. The Kier molecular flexibility index (Phi) is 77.8.